The Balaban J connectivity index is 2.03. The number of hydrogen-bond acceptors (Lipinski definition) is 1. The fourth-order valence-electron chi connectivity index (χ4n) is 2.43. The molecule has 2 heteroatoms. The summed E-state index contributed by atoms with van der Waals surface area (Å²) >= 11 is 0. The highest BCUT2D eigenvalue weighted by Crippen LogP contribution is 2.22. The molecule has 0 aliphatic heterocycles. The van der Waals surface area contributed by atoms with Crippen molar-refractivity contribution in [1.82, 2.24) is 4.98 Å². The van der Waals surface area contributed by atoms with E-state index in [1.54, 1.807) is 6.92 Å². The minimum Gasteiger partial charge on any atom is -0.358 e. The third-order valence-electron chi connectivity index (χ3n) is 3.34. The molecule has 0 saturated heterocycles. The van der Waals surface area contributed by atoms with Crippen LogP contribution in [-0.4, -0.2) is 10.8 Å². The second-order valence-electron chi connectivity index (χ2n) is 4.78. The lowest BCUT2D eigenvalue weighted by Crippen LogP contribution is -1.91. The first-order valence-corrected chi connectivity index (χ1v) is 6.39. The van der Waals surface area contributed by atoms with Crippen LogP contribution in [0.1, 0.15) is 28.5 Å². The third-order valence-corrected chi connectivity index (χ3v) is 3.34. The molecule has 2 aromatic carbocycles. The van der Waals surface area contributed by atoms with Crippen LogP contribution >= 0.6 is 0 Å². The van der Waals surface area contributed by atoms with Crippen molar-refractivity contribution in [3.63, 3.8) is 0 Å². The smallest absolute Gasteiger partial charge is 0.160 e. The van der Waals surface area contributed by atoms with E-state index in [0.29, 0.717) is 0 Å². The lowest BCUT2D eigenvalue weighted by molar-refractivity contribution is 0.101. The molecule has 0 amide bonds. The van der Waals surface area contributed by atoms with E-state index in [1.807, 2.05) is 36.4 Å². The quantitative estimate of drug-likeness (QED) is 0.700. The number of carbonyl (C=O) groups is 1. The SMILES string of the molecule is CC(=O)c1cccc2[nH]c(Cc3ccccc3)cc12. The number of Topliss-reactive ketones (excluding diaryl/α,β-unsaturated/α-hetero) is 1. The van der Waals surface area contributed by atoms with Crippen LogP contribution in [0.5, 0.6) is 0 Å². The number of H-pyrrole nitrogens is 1. The Morgan fingerprint density at radius 2 is 1.84 bits per heavy atom. The van der Waals surface area contributed by atoms with Crippen LogP contribution in [0, 0.1) is 0 Å². The Kier molecular flexibility index (Phi) is 2.92. The minimum absolute atomic E-state index is 0.107. The zero-order valence-corrected chi connectivity index (χ0v) is 10.8. The molecule has 0 radical (unpaired) electrons. The molecular weight excluding hydrogens is 234 g/mol. The molecule has 0 unspecified atom stereocenters. The van der Waals surface area contributed by atoms with Crippen molar-refractivity contribution >= 4 is 16.7 Å². The summed E-state index contributed by atoms with van der Waals surface area (Å²) in [6, 6.07) is 18.2. The molecule has 3 aromatic rings. The van der Waals surface area contributed by atoms with Crippen molar-refractivity contribution in [3.05, 3.63) is 71.4 Å². The van der Waals surface area contributed by atoms with Gasteiger partial charge in [0.1, 0.15) is 0 Å². The van der Waals surface area contributed by atoms with E-state index in [1.165, 1.54) is 5.56 Å². The Morgan fingerprint density at radius 3 is 2.58 bits per heavy atom. The summed E-state index contributed by atoms with van der Waals surface area (Å²) in [7, 11) is 0. The lowest BCUT2D eigenvalue weighted by Gasteiger charge is -1.97. The summed E-state index contributed by atoms with van der Waals surface area (Å²) in [6.45, 7) is 1.61. The number of aromatic nitrogens is 1. The van der Waals surface area contributed by atoms with Crippen LogP contribution < -0.4 is 0 Å². The topological polar surface area (TPSA) is 32.9 Å². The highest BCUT2D eigenvalue weighted by Gasteiger charge is 2.08. The van der Waals surface area contributed by atoms with Crippen LogP contribution in [-0.2, 0) is 6.42 Å². The van der Waals surface area contributed by atoms with Gasteiger partial charge in [-0.25, -0.2) is 0 Å². The van der Waals surface area contributed by atoms with Gasteiger partial charge in [-0.2, -0.15) is 0 Å². The summed E-state index contributed by atoms with van der Waals surface area (Å²) in [5.41, 5.74) is 4.21. The van der Waals surface area contributed by atoms with Crippen molar-refractivity contribution in [2.45, 2.75) is 13.3 Å². The average molecular weight is 249 g/mol. The maximum Gasteiger partial charge on any atom is 0.160 e. The summed E-state index contributed by atoms with van der Waals surface area (Å²) in [6.07, 6.45) is 0.854. The zero-order valence-electron chi connectivity index (χ0n) is 10.8. The average Bonchev–Trinajstić information content (AvgIpc) is 2.81. The molecule has 3 rings (SSSR count). The molecular formula is C17H15NO. The molecule has 1 N–H and O–H groups in total. The van der Waals surface area contributed by atoms with Crippen molar-refractivity contribution in [2.24, 2.45) is 0 Å². The Morgan fingerprint density at radius 1 is 1.05 bits per heavy atom. The van der Waals surface area contributed by atoms with Crippen molar-refractivity contribution < 1.29 is 4.79 Å². The van der Waals surface area contributed by atoms with Crippen LogP contribution in [0.2, 0.25) is 0 Å². The van der Waals surface area contributed by atoms with E-state index in [0.717, 1.165) is 28.6 Å². The maximum atomic E-state index is 11.6. The number of carbonyl (C=O) groups excluding carboxylic acids is 1. The fraction of sp³-hybridized carbons (Fsp3) is 0.118. The monoisotopic (exact) mass is 249 g/mol. The fourth-order valence-corrected chi connectivity index (χ4v) is 2.43. The Bertz CT molecular complexity index is 725. The summed E-state index contributed by atoms with van der Waals surface area (Å²) in [5.74, 6) is 0.107. The van der Waals surface area contributed by atoms with Gasteiger partial charge in [0.05, 0.1) is 0 Å². The number of ketones is 1. The van der Waals surface area contributed by atoms with Gasteiger partial charge >= 0.3 is 0 Å². The molecule has 1 heterocycles. The maximum absolute atomic E-state index is 11.6. The molecule has 0 aliphatic rings. The number of fused-ring (bicyclic) bond motifs is 1. The lowest BCUT2D eigenvalue weighted by atomic mass is 10.1. The number of hydrogen-bond donors (Lipinski definition) is 1. The van der Waals surface area contributed by atoms with Crippen LogP contribution in [0.3, 0.4) is 0 Å². The van der Waals surface area contributed by atoms with Gasteiger partial charge in [-0.1, -0.05) is 42.5 Å². The summed E-state index contributed by atoms with van der Waals surface area (Å²) in [5, 5.41) is 1.01. The first kappa shape index (κ1) is 11.7. The predicted octanol–water partition coefficient (Wildman–Crippen LogP) is 3.96. The largest absolute Gasteiger partial charge is 0.358 e. The van der Waals surface area contributed by atoms with Gasteiger partial charge in [-0.05, 0) is 24.6 Å². The highest BCUT2D eigenvalue weighted by molar-refractivity contribution is 6.06. The molecule has 0 atom stereocenters. The Hall–Kier alpha value is -2.35. The minimum atomic E-state index is 0.107. The summed E-state index contributed by atoms with van der Waals surface area (Å²) in [4.78, 5) is 15.0. The second kappa shape index (κ2) is 4.73. The van der Waals surface area contributed by atoms with E-state index in [2.05, 4.69) is 23.2 Å². The third kappa shape index (κ3) is 2.29. The molecule has 94 valence electrons. The first-order valence-electron chi connectivity index (χ1n) is 6.39. The first-order chi connectivity index (χ1) is 9.24. The number of aromatic amines is 1. The van der Waals surface area contributed by atoms with E-state index < -0.39 is 0 Å². The summed E-state index contributed by atoms with van der Waals surface area (Å²) < 4.78 is 0. The van der Waals surface area contributed by atoms with Crippen molar-refractivity contribution in [1.29, 1.82) is 0 Å². The van der Waals surface area contributed by atoms with Gasteiger partial charge in [0.25, 0.3) is 0 Å². The molecule has 1 aromatic heterocycles. The van der Waals surface area contributed by atoms with Gasteiger partial charge in [0.15, 0.2) is 5.78 Å². The molecule has 0 spiro atoms. The normalized spacial score (nSPS) is 10.8. The zero-order chi connectivity index (χ0) is 13.2. The number of nitrogens with one attached hydrogen (secondary N) is 1. The number of benzene rings is 2. The molecule has 19 heavy (non-hydrogen) atoms. The molecule has 0 aliphatic carbocycles. The van der Waals surface area contributed by atoms with Gasteiger partial charge < -0.3 is 4.98 Å². The van der Waals surface area contributed by atoms with Gasteiger partial charge in [-0.15, -0.1) is 0 Å². The van der Waals surface area contributed by atoms with E-state index in [-0.39, 0.29) is 5.78 Å². The van der Waals surface area contributed by atoms with E-state index in [9.17, 15) is 4.79 Å². The van der Waals surface area contributed by atoms with Crippen molar-refractivity contribution in [3.8, 4) is 0 Å². The molecule has 0 bridgehead atoms. The van der Waals surface area contributed by atoms with Gasteiger partial charge in [0.2, 0.25) is 0 Å². The van der Waals surface area contributed by atoms with Crippen LogP contribution in [0.25, 0.3) is 10.9 Å². The van der Waals surface area contributed by atoms with Gasteiger partial charge in [-0.3, -0.25) is 4.79 Å². The number of rotatable bonds is 3. The van der Waals surface area contributed by atoms with Crippen molar-refractivity contribution in [2.75, 3.05) is 0 Å². The second-order valence-corrected chi connectivity index (χ2v) is 4.78. The Labute approximate surface area is 112 Å². The standard InChI is InChI=1S/C17H15NO/c1-12(19)15-8-5-9-17-16(15)11-14(18-17)10-13-6-3-2-4-7-13/h2-9,11,18H,10H2,1H3. The van der Waals surface area contributed by atoms with Crippen LogP contribution in [0.4, 0.5) is 0 Å². The van der Waals surface area contributed by atoms with E-state index >= 15 is 0 Å². The van der Waals surface area contributed by atoms with E-state index in [4.69, 9.17) is 0 Å². The highest BCUT2D eigenvalue weighted by atomic mass is 16.1. The predicted molar refractivity (Wildman–Crippen MR) is 77.6 cm³/mol. The molecule has 0 saturated carbocycles. The van der Waals surface area contributed by atoms with Gasteiger partial charge in [0, 0.05) is 28.6 Å². The molecule has 2 nitrogen and oxygen atoms in total. The molecule has 0 fully saturated rings. The van der Waals surface area contributed by atoms with Crippen LogP contribution in [0.15, 0.2) is 54.6 Å².